The number of fused-ring (bicyclic) bond motifs is 1. The second kappa shape index (κ2) is 7.23. The molecule has 1 unspecified atom stereocenters. The number of halogens is 1. The molecular formula is C15H15ClN5O2P. The number of hydrogen-bond donors (Lipinski definition) is 1. The van der Waals surface area contributed by atoms with E-state index in [1.54, 1.807) is 30.6 Å². The van der Waals surface area contributed by atoms with E-state index in [-0.39, 0.29) is 6.10 Å². The number of nitrogens with two attached hydrogens (primary N) is 1. The van der Waals surface area contributed by atoms with E-state index in [2.05, 4.69) is 15.0 Å². The molecule has 7 nitrogen and oxygen atoms in total. The minimum absolute atomic E-state index is 0.218. The van der Waals surface area contributed by atoms with Crippen LogP contribution in [0.1, 0.15) is 6.92 Å². The van der Waals surface area contributed by atoms with E-state index in [1.807, 2.05) is 11.5 Å². The molecule has 1 aromatic carbocycles. The third-order valence-corrected chi connectivity index (χ3v) is 4.73. The number of ether oxygens (including phenoxy) is 1. The van der Waals surface area contributed by atoms with Gasteiger partial charge >= 0.3 is 0 Å². The third kappa shape index (κ3) is 3.71. The monoisotopic (exact) mass is 363 g/mol. The summed E-state index contributed by atoms with van der Waals surface area (Å²) in [5.74, 6) is 1.69. The number of benzene rings is 1. The number of hydrogen-bond acceptors (Lipinski definition) is 6. The molecule has 2 heterocycles. The predicted molar refractivity (Wildman–Crippen MR) is 94.4 cm³/mol. The number of rotatable bonds is 5. The molecule has 0 bridgehead atoms. The van der Waals surface area contributed by atoms with Crippen molar-refractivity contribution in [3.8, 4) is 0 Å². The van der Waals surface area contributed by atoms with Gasteiger partial charge in [-0.1, -0.05) is 11.6 Å². The second-order valence-electron chi connectivity index (χ2n) is 5.18. The average molecular weight is 364 g/mol. The van der Waals surface area contributed by atoms with Crippen molar-refractivity contribution in [2.45, 2.75) is 19.6 Å². The van der Waals surface area contributed by atoms with Crippen LogP contribution in [0.25, 0.3) is 11.2 Å². The van der Waals surface area contributed by atoms with Gasteiger partial charge in [-0.3, -0.25) is 0 Å². The summed E-state index contributed by atoms with van der Waals surface area (Å²) in [4.78, 5) is 24.5. The molecule has 0 aliphatic carbocycles. The molecule has 2 N–H and O–H groups in total. The average Bonchev–Trinajstić information content (AvgIpc) is 2.98. The van der Waals surface area contributed by atoms with Crippen molar-refractivity contribution < 1.29 is 9.63 Å². The molecule has 2 aromatic heterocycles. The van der Waals surface area contributed by atoms with E-state index in [0.29, 0.717) is 33.9 Å². The Morgan fingerprint density at radius 3 is 2.83 bits per heavy atom. The Kier molecular flexibility index (Phi) is 5.06. The Bertz CT molecular complexity index is 881. The van der Waals surface area contributed by atoms with Crippen LogP contribution < -0.4 is 15.9 Å². The number of nitrogens with zero attached hydrogens (tertiary/aromatic N) is 4. The first-order valence-electron chi connectivity index (χ1n) is 7.16. The fraction of sp³-hybridized carbons (Fsp3) is 0.200. The Morgan fingerprint density at radius 2 is 2.08 bits per heavy atom. The zero-order chi connectivity index (χ0) is 17.1. The van der Waals surface area contributed by atoms with Gasteiger partial charge in [0.2, 0.25) is 5.98 Å². The van der Waals surface area contributed by atoms with Crippen molar-refractivity contribution in [3.05, 3.63) is 41.9 Å². The van der Waals surface area contributed by atoms with Gasteiger partial charge in [-0.05, 0) is 31.2 Å². The van der Waals surface area contributed by atoms with Gasteiger partial charge in [-0.15, -0.1) is 0 Å². The summed E-state index contributed by atoms with van der Waals surface area (Å²) in [5.41, 5.74) is 6.96. The van der Waals surface area contributed by atoms with Crippen molar-refractivity contribution in [3.63, 3.8) is 0 Å². The van der Waals surface area contributed by atoms with Crippen molar-refractivity contribution in [2.75, 3.05) is 5.73 Å². The lowest BCUT2D eigenvalue weighted by atomic mass is 10.4. The smallest absolute Gasteiger partial charge is 0.214 e. The zero-order valence-corrected chi connectivity index (χ0v) is 14.5. The van der Waals surface area contributed by atoms with Crippen LogP contribution in [0, 0.1) is 0 Å². The van der Waals surface area contributed by atoms with Crippen LogP contribution in [-0.4, -0.2) is 31.6 Å². The molecule has 24 heavy (non-hydrogen) atoms. The van der Waals surface area contributed by atoms with Crippen LogP contribution in [-0.2, 0) is 11.3 Å². The van der Waals surface area contributed by atoms with Crippen molar-refractivity contribution in [2.24, 2.45) is 0 Å². The van der Waals surface area contributed by atoms with E-state index in [4.69, 9.17) is 22.1 Å². The lowest BCUT2D eigenvalue weighted by molar-refractivity contribution is -0.150. The molecule has 0 radical (unpaired) electrons. The lowest BCUT2D eigenvalue weighted by Crippen LogP contribution is -2.17. The number of imidazole rings is 1. The summed E-state index contributed by atoms with van der Waals surface area (Å²) in [7, 11) is -1.75. The van der Waals surface area contributed by atoms with E-state index >= 15 is 0 Å². The maximum absolute atomic E-state index is 12.2. The zero-order valence-electron chi connectivity index (χ0n) is 12.8. The van der Waals surface area contributed by atoms with E-state index in [0.717, 1.165) is 0 Å². The fourth-order valence-electron chi connectivity index (χ4n) is 2.16. The maximum atomic E-state index is 12.2. The largest absolute Gasteiger partial charge is 0.624 e. The van der Waals surface area contributed by atoms with Crippen molar-refractivity contribution >= 4 is 47.6 Å². The number of aromatic nitrogens is 4. The minimum Gasteiger partial charge on any atom is -0.624 e. The molecule has 0 aliphatic rings. The van der Waals surface area contributed by atoms with E-state index < -0.39 is 7.77 Å². The topological polar surface area (TPSA) is 102 Å². The van der Waals surface area contributed by atoms with Crippen LogP contribution >= 0.6 is 19.4 Å². The van der Waals surface area contributed by atoms with Gasteiger partial charge in [0.1, 0.15) is 24.9 Å². The molecule has 3 rings (SSSR count). The van der Waals surface area contributed by atoms with Crippen LogP contribution in [0.3, 0.4) is 0 Å². The summed E-state index contributed by atoms with van der Waals surface area (Å²) >= 11 is 5.82. The molecule has 3 aromatic rings. The van der Waals surface area contributed by atoms with Gasteiger partial charge in [-0.25, -0.2) is 15.0 Å². The quantitative estimate of drug-likeness (QED) is 0.686. The molecule has 0 aliphatic heterocycles. The molecule has 124 valence electrons. The van der Waals surface area contributed by atoms with Gasteiger partial charge in [0, 0.05) is 5.02 Å². The summed E-state index contributed by atoms with van der Waals surface area (Å²) < 4.78 is 7.40. The van der Waals surface area contributed by atoms with E-state index in [1.165, 1.54) is 12.3 Å². The standard InChI is InChI=1S/C15H15ClN5O2P/c1-10(23-9-24(22)12-4-2-11(16)3-5-12)6-21-8-20-13-14(17)18-7-19-15(13)21/h2-5,7-10H,6H2,1H3,(H2,17,18,19)/t10-/m1/s1. The summed E-state index contributed by atoms with van der Waals surface area (Å²) in [5, 5.41) is 1.26. The summed E-state index contributed by atoms with van der Waals surface area (Å²) in [6.45, 7) is 2.37. The SMILES string of the molecule is C[C@H](Cn1cnc2c(N)ncnc21)OC=[P+]([O-])c1ccc(Cl)cc1. The van der Waals surface area contributed by atoms with Gasteiger partial charge in [-0.2, -0.15) is 0 Å². The van der Waals surface area contributed by atoms with Gasteiger partial charge in [0.05, 0.1) is 19.0 Å². The molecule has 0 spiro atoms. The van der Waals surface area contributed by atoms with Crippen LogP contribution in [0.5, 0.6) is 0 Å². The number of anilines is 1. The van der Waals surface area contributed by atoms with Crippen LogP contribution in [0.15, 0.2) is 36.9 Å². The maximum Gasteiger partial charge on any atom is 0.214 e. The lowest BCUT2D eigenvalue weighted by Gasteiger charge is -2.10. The Hall–Kier alpha value is -2.05. The Balaban J connectivity index is 1.68. The van der Waals surface area contributed by atoms with E-state index in [9.17, 15) is 4.89 Å². The fourth-order valence-corrected chi connectivity index (χ4v) is 3.17. The summed E-state index contributed by atoms with van der Waals surface area (Å²) in [6.07, 6.45) is 2.81. The first kappa shape index (κ1) is 16.8. The predicted octanol–water partition coefficient (Wildman–Crippen LogP) is 1.31. The van der Waals surface area contributed by atoms with Crippen LogP contribution in [0.4, 0.5) is 5.82 Å². The van der Waals surface area contributed by atoms with Gasteiger partial charge < -0.3 is 19.9 Å². The molecule has 2 atom stereocenters. The first-order valence-corrected chi connectivity index (χ1v) is 8.87. The highest BCUT2D eigenvalue weighted by Gasteiger charge is 2.12. The van der Waals surface area contributed by atoms with Crippen molar-refractivity contribution in [1.82, 2.24) is 19.5 Å². The number of nitrogen functional groups attached to an aromatic ring is 1. The Morgan fingerprint density at radius 1 is 1.33 bits per heavy atom. The van der Waals surface area contributed by atoms with Crippen LogP contribution in [0.2, 0.25) is 5.02 Å². The molecule has 0 fully saturated rings. The highest BCUT2D eigenvalue weighted by Crippen LogP contribution is 2.16. The van der Waals surface area contributed by atoms with Crippen molar-refractivity contribution in [1.29, 1.82) is 0 Å². The highest BCUT2D eigenvalue weighted by atomic mass is 35.5. The molecule has 0 amide bonds. The molecule has 0 saturated heterocycles. The highest BCUT2D eigenvalue weighted by molar-refractivity contribution is 7.57. The molecule has 0 saturated carbocycles. The second-order valence-corrected chi connectivity index (χ2v) is 7.00. The molecular weight excluding hydrogens is 349 g/mol. The normalized spacial score (nSPS) is 13.4. The first-order chi connectivity index (χ1) is 11.5. The third-order valence-electron chi connectivity index (χ3n) is 3.35. The Labute approximate surface area is 144 Å². The minimum atomic E-state index is -1.75. The molecule has 9 heteroatoms. The van der Waals surface area contributed by atoms with Gasteiger partial charge in [0.15, 0.2) is 11.5 Å². The van der Waals surface area contributed by atoms with Gasteiger partial charge in [0.25, 0.3) is 0 Å². The summed E-state index contributed by atoms with van der Waals surface area (Å²) in [6, 6.07) is 6.83.